The summed E-state index contributed by atoms with van der Waals surface area (Å²) in [6.07, 6.45) is 3.03. The lowest BCUT2D eigenvalue weighted by atomic mass is 10.1. The molecule has 16 heavy (non-hydrogen) atoms. The van der Waals surface area contributed by atoms with Crippen molar-refractivity contribution in [1.29, 1.82) is 0 Å². The van der Waals surface area contributed by atoms with Crippen LogP contribution in [0, 0.1) is 5.82 Å². The smallest absolute Gasteiger partial charge is 0.197 e. The van der Waals surface area contributed by atoms with Crippen molar-refractivity contribution in [2.45, 2.75) is 0 Å². The Morgan fingerprint density at radius 3 is 2.81 bits per heavy atom. The first-order valence-corrected chi connectivity index (χ1v) is 4.94. The average Bonchev–Trinajstić information content (AvgIpc) is 2.64. The molecule has 2 rings (SSSR count). The van der Waals surface area contributed by atoms with E-state index in [1.54, 1.807) is 13.2 Å². The molecular formula is C11H8ClFN2O. The van der Waals surface area contributed by atoms with Crippen molar-refractivity contribution in [2.75, 3.05) is 0 Å². The summed E-state index contributed by atoms with van der Waals surface area (Å²) in [5.74, 6) is -0.731. The van der Waals surface area contributed by atoms with Crippen molar-refractivity contribution in [1.82, 2.24) is 9.78 Å². The van der Waals surface area contributed by atoms with Crippen LogP contribution in [0.4, 0.5) is 4.39 Å². The van der Waals surface area contributed by atoms with E-state index in [-0.39, 0.29) is 16.4 Å². The van der Waals surface area contributed by atoms with Crippen LogP contribution in [0.1, 0.15) is 15.9 Å². The molecule has 1 aromatic heterocycles. The standard InChI is InChI=1S/C11H8ClFN2O/c1-15-6-7(5-14-15)11(16)9-3-2-8(13)4-10(9)12/h2-6H,1H3. The van der Waals surface area contributed by atoms with Crippen LogP contribution in [0.3, 0.4) is 0 Å². The van der Waals surface area contributed by atoms with Crippen LogP contribution in [-0.4, -0.2) is 15.6 Å². The summed E-state index contributed by atoms with van der Waals surface area (Å²) in [4.78, 5) is 11.9. The molecule has 1 heterocycles. The van der Waals surface area contributed by atoms with Crippen molar-refractivity contribution in [3.05, 3.63) is 52.6 Å². The average molecular weight is 239 g/mol. The molecule has 0 N–H and O–H groups in total. The Bertz CT molecular complexity index is 551. The molecule has 5 heteroatoms. The van der Waals surface area contributed by atoms with Gasteiger partial charge in [0, 0.05) is 18.8 Å². The summed E-state index contributed by atoms with van der Waals surface area (Å²) in [6, 6.07) is 3.69. The van der Waals surface area contributed by atoms with Gasteiger partial charge in [0.2, 0.25) is 0 Å². The number of nitrogens with zero attached hydrogens (tertiary/aromatic N) is 2. The fraction of sp³-hybridized carbons (Fsp3) is 0.0909. The highest BCUT2D eigenvalue weighted by atomic mass is 35.5. The van der Waals surface area contributed by atoms with Crippen molar-refractivity contribution >= 4 is 17.4 Å². The van der Waals surface area contributed by atoms with Crippen molar-refractivity contribution < 1.29 is 9.18 Å². The van der Waals surface area contributed by atoms with Gasteiger partial charge in [-0.2, -0.15) is 5.10 Å². The van der Waals surface area contributed by atoms with E-state index < -0.39 is 5.82 Å². The summed E-state index contributed by atoms with van der Waals surface area (Å²) in [6.45, 7) is 0. The maximum absolute atomic E-state index is 12.8. The van der Waals surface area contributed by atoms with Gasteiger partial charge in [0.05, 0.1) is 16.8 Å². The van der Waals surface area contributed by atoms with Crippen LogP contribution >= 0.6 is 11.6 Å². The number of hydrogen-bond donors (Lipinski definition) is 0. The fourth-order valence-electron chi connectivity index (χ4n) is 1.37. The maximum Gasteiger partial charge on any atom is 0.197 e. The highest BCUT2D eigenvalue weighted by Crippen LogP contribution is 2.20. The van der Waals surface area contributed by atoms with Gasteiger partial charge in [-0.1, -0.05) is 11.6 Å². The molecule has 0 spiro atoms. The second kappa shape index (κ2) is 4.06. The predicted molar refractivity (Wildman–Crippen MR) is 58.1 cm³/mol. The zero-order valence-corrected chi connectivity index (χ0v) is 9.20. The number of carbonyl (C=O) groups is 1. The minimum atomic E-state index is -0.465. The van der Waals surface area contributed by atoms with Gasteiger partial charge in [0.15, 0.2) is 5.78 Å². The molecule has 0 unspecified atom stereocenters. The van der Waals surface area contributed by atoms with Crippen molar-refractivity contribution in [2.24, 2.45) is 7.05 Å². The number of ketones is 1. The quantitative estimate of drug-likeness (QED) is 0.754. The molecule has 0 bridgehead atoms. The van der Waals surface area contributed by atoms with E-state index in [1.165, 1.54) is 23.0 Å². The first-order chi connectivity index (χ1) is 7.58. The fourth-order valence-corrected chi connectivity index (χ4v) is 1.62. The number of carbonyl (C=O) groups excluding carboxylic acids is 1. The van der Waals surface area contributed by atoms with E-state index in [0.717, 1.165) is 6.07 Å². The second-order valence-corrected chi connectivity index (χ2v) is 3.76. The summed E-state index contributed by atoms with van der Waals surface area (Å²) >= 11 is 5.79. The third-order valence-electron chi connectivity index (χ3n) is 2.14. The van der Waals surface area contributed by atoms with Gasteiger partial charge in [0.1, 0.15) is 5.82 Å². The summed E-state index contributed by atoms with van der Waals surface area (Å²) in [7, 11) is 1.71. The van der Waals surface area contributed by atoms with Crippen LogP contribution in [0.5, 0.6) is 0 Å². The van der Waals surface area contributed by atoms with E-state index in [9.17, 15) is 9.18 Å². The van der Waals surface area contributed by atoms with Gasteiger partial charge < -0.3 is 0 Å². The monoisotopic (exact) mass is 238 g/mol. The van der Waals surface area contributed by atoms with E-state index in [4.69, 9.17) is 11.6 Å². The van der Waals surface area contributed by atoms with Gasteiger partial charge in [-0.3, -0.25) is 9.48 Å². The maximum atomic E-state index is 12.8. The molecular weight excluding hydrogens is 231 g/mol. The van der Waals surface area contributed by atoms with Crippen LogP contribution in [0.25, 0.3) is 0 Å². The van der Waals surface area contributed by atoms with Crippen LogP contribution < -0.4 is 0 Å². The summed E-state index contributed by atoms with van der Waals surface area (Å²) < 4.78 is 14.3. The van der Waals surface area contributed by atoms with Gasteiger partial charge in [-0.25, -0.2) is 4.39 Å². The predicted octanol–water partition coefficient (Wildman–Crippen LogP) is 2.44. The van der Waals surface area contributed by atoms with E-state index in [1.807, 2.05) is 0 Å². The first-order valence-electron chi connectivity index (χ1n) is 4.56. The van der Waals surface area contributed by atoms with Crippen LogP contribution in [0.2, 0.25) is 5.02 Å². The number of aromatic nitrogens is 2. The molecule has 0 fully saturated rings. The first kappa shape index (κ1) is 10.8. The SMILES string of the molecule is Cn1cc(C(=O)c2ccc(F)cc2Cl)cn1. The highest BCUT2D eigenvalue weighted by Gasteiger charge is 2.14. The molecule has 82 valence electrons. The molecule has 3 nitrogen and oxygen atoms in total. The second-order valence-electron chi connectivity index (χ2n) is 3.36. The number of benzene rings is 1. The van der Waals surface area contributed by atoms with Crippen molar-refractivity contribution in [3.8, 4) is 0 Å². The van der Waals surface area contributed by atoms with Gasteiger partial charge in [-0.15, -0.1) is 0 Å². The number of halogens is 2. The Hall–Kier alpha value is -1.68. The molecule has 0 aliphatic heterocycles. The van der Waals surface area contributed by atoms with Gasteiger partial charge >= 0.3 is 0 Å². The summed E-state index contributed by atoms with van der Waals surface area (Å²) in [5, 5.41) is 3.99. The third kappa shape index (κ3) is 1.97. The largest absolute Gasteiger partial charge is 0.288 e. The van der Waals surface area contributed by atoms with Crippen LogP contribution in [0.15, 0.2) is 30.6 Å². The lowest BCUT2D eigenvalue weighted by molar-refractivity contribution is 0.103. The topological polar surface area (TPSA) is 34.9 Å². The molecule has 0 atom stereocenters. The molecule has 1 aromatic carbocycles. The minimum absolute atomic E-state index is 0.105. The Morgan fingerprint density at radius 1 is 1.50 bits per heavy atom. The number of rotatable bonds is 2. The Labute approximate surface area is 96.5 Å². The molecule has 0 aliphatic carbocycles. The van der Waals surface area contributed by atoms with Crippen molar-refractivity contribution in [3.63, 3.8) is 0 Å². The minimum Gasteiger partial charge on any atom is -0.288 e. The highest BCUT2D eigenvalue weighted by molar-refractivity contribution is 6.34. The van der Waals surface area contributed by atoms with E-state index in [2.05, 4.69) is 5.10 Å². The van der Waals surface area contributed by atoms with Gasteiger partial charge in [0.25, 0.3) is 0 Å². The number of hydrogen-bond acceptors (Lipinski definition) is 2. The molecule has 0 saturated carbocycles. The van der Waals surface area contributed by atoms with E-state index >= 15 is 0 Å². The zero-order chi connectivity index (χ0) is 11.7. The third-order valence-corrected chi connectivity index (χ3v) is 2.46. The van der Waals surface area contributed by atoms with Crippen LogP contribution in [-0.2, 0) is 7.05 Å². The normalized spacial score (nSPS) is 10.4. The lowest BCUT2D eigenvalue weighted by Gasteiger charge is -2.00. The lowest BCUT2D eigenvalue weighted by Crippen LogP contribution is -2.01. The van der Waals surface area contributed by atoms with Gasteiger partial charge in [-0.05, 0) is 18.2 Å². The Morgan fingerprint density at radius 2 is 2.25 bits per heavy atom. The summed E-state index contributed by atoms with van der Waals surface area (Å²) in [5.41, 5.74) is 0.701. The molecule has 0 radical (unpaired) electrons. The zero-order valence-electron chi connectivity index (χ0n) is 8.45. The molecule has 0 saturated heterocycles. The molecule has 0 amide bonds. The molecule has 2 aromatic rings. The Kier molecular flexibility index (Phi) is 2.75. The number of aryl methyl sites for hydroxylation is 1. The van der Waals surface area contributed by atoms with E-state index in [0.29, 0.717) is 5.56 Å². The molecule has 0 aliphatic rings. The Balaban J connectivity index is 2.41.